The van der Waals surface area contributed by atoms with Crippen LogP contribution in [0.15, 0.2) is 23.9 Å². The summed E-state index contributed by atoms with van der Waals surface area (Å²) in [6.07, 6.45) is -4.37. The molecule has 1 aromatic rings. The van der Waals surface area contributed by atoms with Crippen LogP contribution in [0.5, 0.6) is 0 Å². The number of benzene rings is 1. The highest BCUT2D eigenvalue weighted by atomic mass is 19.4. The van der Waals surface area contributed by atoms with E-state index in [2.05, 4.69) is 5.32 Å². The normalized spacial score (nSPS) is 14.4. The number of nitro benzene ring substituents is 1. The van der Waals surface area contributed by atoms with Gasteiger partial charge >= 0.3 is 12.1 Å². The van der Waals surface area contributed by atoms with E-state index in [0.717, 1.165) is 0 Å². The number of amides is 2. The molecule has 0 saturated carbocycles. The quantitative estimate of drug-likeness (QED) is 0.370. The number of β-amino-alcohol motifs (C(OH)–C–C–N with tert-alkyl or cyclic N) is 1. The highest BCUT2D eigenvalue weighted by Gasteiger charge is 2.38. The standard InChI is InChI=1S/C14H10F3N3O7/c15-14(16,17)6-3-7(13(24)25)11(9(4-6)20(26)27)18-8-5-10(22)19(1-2-21)12(8)23/h3-5,18,21H,1-2H2,(H,24,25). The summed E-state index contributed by atoms with van der Waals surface area (Å²) in [6, 6.07) is 0.285. The lowest BCUT2D eigenvalue weighted by Gasteiger charge is -2.15. The van der Waals surface area contributed by atoms with Crippen molar-refractivity contribution in [1.29, 1.82) is 0 Å². The van der Waals surface area contributed by atoms with E-state index in [9.17, 15) is 37.7 Å². The Labute approximate surface area is 147 Å². The zero-order chi connectivity index (χ0) is 20.5. The van der Waals surface area contributed by atoms with Gasteiger partial charge in [-0.05, 0) is 6.07 Å². The maximum absolute atomic E-state index is 12.9. The lowest BCUT2D eigenvalue weighted by Crippen LogP contribution is -2.34. The van der Waals surface area contributed by atoms with Crippen molar-refractivity contribution < 1.29 is 42.7 Å². The third-order valence-electron chi connectivity index (χ3n) is 3.46. The molecule has 0 aromatic heterocycles. The lowest BCUT2D eigenvalue weighted by atomic mass is 10.1. The number of nitro groups is 1. The molecule has 1 aromatic carbocycles. The van der Waals surface area contributed by atoms with Gasteiger partial charge in [-0.2, -0.15) is 13.2 Å². The van der Waals surface area contributed by atoms with Crippen LogP contribution in [0.4, 0.5) is 24.5 Å². The van der Waals surface area contributed by atoms with Crippen molar-refractivity contribution in [3.05, 3.63) is 45.1 Å². The number of carboxylic acids is 1. The summed E-state index contributed by atoms with van der Waals surface area (Å²) in [5.74, 6) is -3.83. The first-order valence-electron chi connectivity index (χ1n) is 7.05. The summed E-state index contributed by atoms with van der Waals surface area (Å²) in [4.78, 5) is 45.5. The molecule has 0 radical (unpaired) electrons. The van der Waals surface area contributed by atoms with Crippen LogP contribution in [-0.4, -0.2) is 51.0 Å². The molecule has 2 rings (SSSR count). The molecule has 1 aliphatic heterocycles. The molecule has 1 heterocycles. The Kier molecular flexibility index (Phi) is 5.16. The van der Waals surface area contributed by atoms with Crippen LogP contribution in [-0.2, 0) is 15.8 Å². The molecule has 27 heavy (non-hydrogen) atoms. The van der Waals surface area contributed by atoms with Gasteiger partial charge in [-0.3, -0.25) is 24.6 Å². The Morgan fingerprint density at radius 2 is 1.93 bits per heavy atom. The van der Waals surface area contributed by atoms with E-state index in [-0.39, 0.29) is 18.7 Å². The average molecular weight is 389 g/mol. The first-order valence-corrected chi connectivity index (χ1v) is 7.05. The van der Waals surface area contributed by atoms with Gasteiger partial charge in [0.25, 0.3) is 17.5 Å². The summed E-state index contributed by atoms with van der Waals surface area (Å²) in [5, 5.41) is 31.2. The first-order chi connectivity index (χ1) is 12.5. The van der Waals surface area contributed by atoms with E-state index in [1.807, 2.05) is 0 Å². The Morgan fingerprint density at radius 1 is 1.30 bits per heavy atom. The molecule has 0 spiro atoms. The number of hydrogen-bond acceptors (Lipinski definition) is 7. The summed E-state index contributed by atoms with van der Waals surface area (Å²) in [6.45, 7) is -0.959. The number of carbonyl (C=O) groups excluding carboxylic acids is 2. The van der Waals surface area contributed by atoms with Crippen molar-refractivity contribution in [2.45, 2.75) is 6.18 Å². The van der Waals surface area contributed by atoms with Crippen molar-refractivity contribution >= 4 is 29.2 Å². The number of halogens is 3. The van der Waals surface area contributed by atoms with Crippen molar-refractivity contribution in [1.82, 2.24) is 4.90 Å². The van der Waals surface area contributed by atoms with E-state index < -0.39 is 63.7 Å². The van der Waals surface area contributed by atoms with Crippen LogP contribution in [0.25, 0.3) is 0 Å². The molecule has 1 aliphatic rings. The molecule has 10 nitrogen and oxygen atoms in total. The number of rotatable bonds is 6. The molecule has 0 atom stereocenters. The van der Waals surface area contributed by atoms with Crippen LogP contribution >= 0.6 is 0 Å². The maximum Gasteiger partial charge on any atom is 0.416 e. The van der Waals surface area contributed by atoms with Gasteiger partial charge in [-0.1, -0.05) is 0 Å². The van der Waals surface area contributed by atoms with E-state index in [1.54, 1.807) is 0 Å². The fourth-order valence-corrected chi connectivity index (χ4v) is 2.28. The molecule has 144 valence electrons. The summed E-state index contributed by atoms with van der Waals surface area (Å²) >= 11 is 0. The number of alkyl halides is 3. The summed E-state index contributed by atoms with van der Waals surface area (Å²) in [7, 11) is 0. The molecular formula is C14H10F3N3O7. The van der Waals surface area contributed by atoms with Crippen LogP contribution in [0, 0.1) is 10.1 Å². The third kappa shape index (κ3) is 3.87. The lowest BCUT2D eigenvalue weighted by molar-refractivity contribution is -0.384. The Hall–Kier alpha value is -3.48. The van der Waals surface area contributed by atoms with Gasteiger partial charge in [0.05, 0.1) is 29.2 Å². The molecule has 0 unspecified atom stereocenters. The topological polar surface area (TPSA) is 150 Å². The monoisotopic (exact) mass is 389 g/mol. The predicted molar refractivity (Wildman–Crippen MR) is 80.6 cm³/mol. The van der Waals surface area contributed by atoms with E-state index in [4.69, 9.17) is 10.2 Å². The third-order valence-corrected chi connectivity index (χ3v) is 3.46. The number of nitrogens with one attached hydrogen (secondary N) is 1. The fourth-order valence-electron chi connectivity index (χ4n) is 2.28. The number of hydrogen-bond donors (Lipinski definition) is 3. The Bertz CT molecular complexity index is 844. The highest BCUT2D eigenvalue weighted by molar-refractivity contribution is 6.18. The van der Waals surface area contributed by atoms with E-state index in [0.29, 0.717) is 11.0 Å². The molecule has 2 amide bonds. The predicted octanol–water partition coefficient (Wildman–Crippen LogP) is 0.969. The van der Waals surface area contributed by atoms with Gasteiger partial charge in [0.15, 0.2) is 0 Å². The van der Waals surface area contributed by atoms with E-state index >= 15 is 0 Å². The zero-order valence-corrected chi connectivity index (χ0v) is 13.1. The van der Waals surface area contributed by atoms with Crippen LogP contribution < -0.4 is 5.32 Å². The van der Waals surface area contributed by atoms with Crippen molar-refractivity contribution in [2.75, 3.05) is 18.5 Å². The number of carboxylic acid groups (broad SMARTS) is 1. The maximum atomic E-state index is 12.9. The van der Waals surface area contributed by atoms with Crippen LogP contribution in [0.3, 0.4) is 0 Å². The second-order valence-corrected chi connectivity index (χ2v) is 5.18. The fraction of sp³-hybridized carbons (Fsp3) is 0.214. The summed E-state index contributed by atoms with van der Waals surface area (Å²) in [5.41, 5.74) is -5.40. The number of carbonyl (C=O) groups is 3. The second kappa shape index (κ2) is 7.03. The van der Waals surface area contributed by atoms with Crippen molar-refractivity contribution in [3.8, 4) is 0 Å². The first kappa shape index (κ1) is 19.8. The summed E-state index contributed by atoms with van der Waals surface area (Å²) < 4.78 is 38.7. The van der Waals surface area contributed by atoms with Gasteiger partial charge in [0.2, 0.25) is 0 Å². The van der Waals surface area contributed by atoms with Gasteiger partial charge < -0.3 is 15.5 Å². The number of aromatic carboxylic acids is 1. The van der Waals surface area contributed by atoms with Crippen molar-refractivity contribution in [3.63, 3.8) is 0 Å². The van der Waals surface area contributed by atoms with Gasteiger partial charge in [0, 0.05) is 12.1 Å². The van der Waals surface area contributed by atoms with Gasteiger partial charge in [-0.15, -0.1) is 0 Å². The van der Waals surface area contributed by atoms with Crippen LogP contribution in [0.2, 0.25) is 0 Å². The largest absolute Gasteiger partial charge is 0.478 e. The molecule has 0 fully saturated rings. The molecule has 0 bridgehead atoms. The molecule has 0 saturated heterocycles. The number of anilines is 1. The minimum absolute atomic E-state index is 0.113. The molecule has 3 N–H and O–H groups in total. The SMILES string of the molecule is O=C(O)c1cc(C(F)(F)F)cc([N+](=O)[O-])c1NC1=CC(=O)N(CCO)C1=O. The zero-order valence-electron chi connectivity index (χ0n) is 13.1. The van der Waals surface area contributed by atoms with Gasteiger partial charge in [0.1, 0.15) is 11.4 Å². The smallest absolute Gasteiger partial charge is 0.416 e. The molecule has 0 aliphatic carbocycles. The number of imide groups is 1. The number of aliphatic hydroxyl groups excluding tert-OH is 1. The second-order valence-electron chi connectivity index (χ2n) is 5.18. The molecular weight excluding hydrogens is 379 g/mol. The van der Waals surface area contributed by atoms with Crippen LogP contribution in [0.1, 0.15) is 15.9 Å². The Balaban J connectivity index is 2.58. The highest BCUT2D eigenvalue weighted by Crippen LogP contribution is 2.38. The van der Waals surface area contributed by atoms with Gasteiger partial charge in [-0.25, -0.2) is 4.79 Å². The van der Waals surface area contributed by atoms with Crippen molar-refractivity contribution in [2.24, 2.45) is 0 Å². The van der Waals surface area contributed by atoms with E-state index in [1.165, 1.54) is 0 Å². The number of aliphatic hydroxyl groups is 1. The average Bonchev–Trinajstić information content (AvgIpc) is 2.81. The minimum Gasteiger partial charge on any atom is -0.478 e. The minimum atomic E-state index is -5.05. The Morgan fingerprint density at radius 3 is 2.41 bits per heavy atom. The molecule has 13 heteroatoms. The number of nitrogens with zero attached hydrogens (tertiary/aromatic N) is 2.